The smallest absolute Gasteiger partial charge is 0.339 e. The maximum absolute atomic E-state index is 11.7. The Morgan fingerprint density at radius 1 is 1.50 bits per heavy atom. The molecule has 0 bridgehead atoms. The molecular formula is C12H17NO4S. The predicted octanol–water partition coefficient (Wildman–Crippen LogP) is 2.02. The highest BCUT2D eigenvalue weighted by Gasteiger charge is 2.19. The zero-order valence-electron chi connectivity index (χ0n) is 10.5. The zero-order valence-corrected chi connectivity index (χ0v) is 11.3. The molecule has 0 aliphatic carbocycles. The van der Waals surface area contributed by atoms with Crippen LogP contribution in [0.25, 0.3) is 0 Å². The zero-order chi connectivity index (χ0) is 13.5. The summed E-state index contributed by atoms with van der Waals surface area (Å²) in [6, 6.07) is 1.28. The van der Waals surface area contributed by atoms with E-state index in [4.69, 9.17) is 9.52 Å². The van der Waals surface area contributed by atoms with Crippen LogP contribution in [0.4, 0.5) is 0 Å². The summed E-state index contributed by atoms with van der Waals surface area (Å²) in [6.45, 7) is 2.34. The van der Waals surface area contributed by atoms with E-state index in [2.05, 4.69) is 5.32 Å². The highest BCUT2D eigenvalue weighted by atomic mass is 32.2. The standard InChI is InChI=1S/C12H17NO4S/c1-3-9-8(12(15)16)7-10(17-9)11(14)13-5-4-6-18-2/h7H,3-6H2,1-2H3,(H,13,14)(H,15,16). The summed E-state index contributed by atoms with van der Waals surface area (Å²) in [5.74, 6) is -0.0700. The molecule has 0 atom stereocenters. The maximum Gasteiger partial charge on any atom is 0.339 e. The van der Waals surface area contributed by atoms with Gasteiger partial charge in [-0.15, -0.1) is 0 Å². The summed E-state index contributed by atoms with van der Waals surface area (Å²) in [4.78, 5) is 22.6. The van der Waals surface area contributed by atoms with Crippen LogP contribution in [-0.4, -0.2) is 35.5 Å². The van der Waals surface area contributed by atoms with E-state index in [-0.39, 0.29) is 17.2 Å². The minimum Gasteiger partial charge on any atom is -0.478 e. The van der Waals surface area contributed by atoms with Crippen molar-refractivity contribution < 1.29 is 19.1 Å². The van der Waals surface area contributed by atoms with Crippen LogP contribution in [0, 0.1) is 0 Å². The van der Waals surface area contributed by atoms with Gasteiger partial charge in [0.25, 0.3) is 5.91 Å². The molecule has 0 radical (unpaired) electrons. The molecule has 18 heavy (non-hydrogen) atoms. The lowest BCUT2D eigenvalue weighted by atomic mass is 10.2. The Labute approximate surface area is 110 Å². The Morgan fingerprint density at radius 3 is 2.72 bits per heavy atom. The molecule has 1 amide bonds. The molecule has 1 aromatic rings. The fourth-order valence-corrected chi connectivity index (χ4v) is 1.92. The van der Waals surface area contributed by atoms with Crippen molar-refractivity contribution in [2.24, 2.45) is 0 Å². The Bertz CT molecular complexity index is 428. The highest BCUT2D eigenvalue weighted by molar-refractivity contribution is 7.98. The summed E-state index contributed by atoms with van der Waals surface area (Å²) in [7, 11) is 0. The number of furan rings is 1. The van der Waals surface area contributed by atoms with E-state index in [9.17, 15) is 9.59 Å². The number of hydrogen-bond donors (Lipinski definition) is 2. The second kappa shape index (κ2) is 7.10. The molecule has 100 valence electrons. The molecule has 0 aliphatic heterocycles. The largest absolute Gasteiger partial charge is 0.478 e. The molecule has 6 heteroatoms. The molecule has 0 unspecified atom stereocenters. The fraction of sp³-hybridized carbons (Fsp3) is 0.500. The predicted molar refractivity (Wildman–Crippen MR) is 70.4 cm³/mol. The average Bonchev–Trinajstić information content (AvgIpc) is 2.78. The number of hydrogen-bond acceptors (Lipinski definition) is 4. The molecule has 0 saturated heterocycles. The number of amides is 1. The van der Waals surface area contributed by atoms with Gasteiger partial charge in [0.05, 0.1) is 0 Å². The summed E-state index contributed by atoms with van der Waals surface area (Å²) < 4.78 is 5.25. The van der Waals surface area contributed by atoms with Crippen LogP contribution in [-0.2, 0) is 6.42 Å². The number of aryl methyl sites for hydroxylation is 1. The van der Waals surface area contributed by atoms with Crippen molar-refractivity contribution in [2.75, 3.05) is 18.6 Å². The monoisotopic (exact) mass is 271 g/mol. The highest BCUT2D eigenvalue weighted by Crippen LogP contribution is 2.16. The summed E-state index contributed by atoms with van der Waals surface area (Å²) in [6.07, 6.45) is 3.32. The average molecular weight is 271 g/mol. The van der Waals surface area contributed by atoms with Gasteiger partial charge in [0.15, 0.2) is 5.76 Å². The van der Waals surface area contributed by atoms with Gasteiger partial charge in [-0.25, -0.2) is 4.79 Å². The molecule has 0 spiro atoms. The van der Waals surface area contributed by atoms with Crippen LogP contribution in [0.2, 0.25) is 0 Å². The lowest BCUT2D eigenvalue weighted by Gasteiger charge is -2.01. The lowest BCUT2D eigenvalue weighted by Crippen LogP contribution is -2.24. The van der Waals surface area contributed by atoms with Crippen LogP contribution in [0.5, 0.6) is 0 Å². The van der Waals surface area contributed by atoms with Gasteiger partial charge in [-0.1, -0.05) is 6.92 Å². The van der Waals surface area contributed by atoms with Gasteiger partial charge in [0, 0.05) is 19.0 Å². The number of carboxylic acids is 1. The van der Waals surface area contributed by atoms with Crippen molar-refractivity contribution in [3.8, 4) is 0 Å². The first-order chi connectivity index (χ1) is 8.60. The van der Waals surface area contributed by atoms with Crippen LogP contribution >= 0.6 is 11.8 Å². The first-order valence-corrected chi connectivity index (χ1v) is 7.12. The van der Waals surface area contributed by atoms with E-state index in [0.29, 0.717) is 18.7 Å². The van der Waals surface area contributed by atoms with Gasteiger partial charge in [-0.05, 0) is 18.4 Å². The number of nitrogens with one attached hydrogen (secondary N) is 1. The molecule has 1 heterocycles. The quantitative estimate of drug-likeness (QED) is 0.742. The lowest BCUT2D eigenvalue weighted by molar-refractivity contribution is 0.0694. The van der Waals surface area contributed by atoms with Crippen LogP contribution in [0.3, 0.4) is 0 Å². The van der Waals surface area contributed by atoms with Gasteiger partial charge in [-0.2, -0.15) is 11.8 Å². The van der Waals surface area contributed by atoms with E-state index in [1.54, 1.807) is 18.7 Å². The fourth-order valence-electron chi connectivity index (χ4n) is 1.49. The van der Waals surface area contributed by atoms with E-state index in [0.717, 1.165) is 12.2 Å². The van der Waals surface area contributed by atoms with E-state index in [1.807, 2.05) is 6.26 Å². The number of thioether (sulfide) groups is 1. The second-order valence-electron chi connectivity index (χ2n) is 3.71. The van der Waals surface area contributed by atoms with Crippen molar-refractivity contribution in [2.45, 2.75) is 19.8 Å². The second-order valence-corrected chi connectivity index (χ2v) is 4.69. The number of aromatic carboxylic acids is 1. The van der Waals surface area contributed by atoms with Crippen molar-refractivity contribution in [1.82, 2.24) is 5.32 Å². The van der Waals surface area contributed by atoms with Crippen LogP contribution < -0.4 is 5.32 Å². The number of carboxylic acid groups (broad SMARTS) is 1. The Hall–Kier alpha value is -1.43. The molecule has 0 aromatic carbocycles. The molecule has 0 saturated carbocycles. The minimum atomic E-state index is -1.07. The van der Waals surface area contributed by atoms with E-state index < -0.39 is 5.97 Å². The maximum atomic E-state index is 11.7. The third-order valence-corrected chi connectivity index (χ3v) is 3.09. The topological polar surface area (TPSA) is 79.5 Å². The summed E-state index contributed by atoms with van der Waals surface area (Å²) in [5.41, 5.74) is 0.0618. The van der Waals surface area contributed by atoms with Crippen LogP contribution in [0.15, 0.2) is 10.5 Å². The van der Waals surface area contributed by atoms with Gasteiger partial charge >= 0.3 is 5.97 Å². The van der Waals surface area contributed by atoms with Crippen molar-refractivity contribution in [3.05, 3.63) is 23.2 Å². The molecule has 1 aromatic heterocycles. The Balaban J connectivity index is 2.66. The molecule has 1 rings (SSSR count). The summed E-state index contributed by atoms with van der Waals surface area (Å²) in [5, 5.41) is 11.6. The Morgan fingerprint density at radius 2 is 2.22 bits per heavy atom. The Kier molecular flexibility index (Phi) is 5.77. The van der Waals surface area contributed by atoms with E-state index >= 15 is 0 Å². The SMILES string of the molecule is CCc1oc(C(=O)NCCCSC)cc1C(=O)O. The van der Waals surface area contributed by atoms with E-state index in [1.165, 1.54) is 6.07 Å². The van der Waals surface area contributed by atoms with Gasteiger partial charge < -0.3 is 14.8 Å². The van der Waals surface area contributed by atoms with Crippen molar-refractivity contribution in [3.63, 3.8) is 0 Å². The minimum absolute atomic E-state index is 0.0618. The molecule has 0 fully saturated rings. The third kappa shape index (κ3) is 3.80. The summed E-state index contributed by atoms with van der Waals surface area (Å²) >= 11 is 1.71. The molecule has 2 N–H and O–H groups in total. The van der Waals surface area contributed by atoms with Crippen molar-refractivity contribution >= 4 is 23.6 Å². The van der Waals surface area contributed by atoms with Gasteiger partial charge in [-0.3, -0.25) is 4.79 Å². The number of carbonyl (C=O) groups excluding carboxylic acids is 1. The first-order valence-electron chi connectivity index (χ1n) is 5.73. The molecule has 5 nitrogen and oxygen atoms in total. The normalized spacial score (nSPS) is 10.3. The first kappa shape index (κ1) is 14.6. The molecule has 0 aliphatic rings. The van der Waals surface area contributed by atoms with Gasteiger partial charge in [0.2, 0.25) is 0 Å². The third-order valence-electron chi connectivity index (χ3n) is 2.40. The van der Waals surface area contributed by atoms with Gasteiger partial charge in [0.1, 0.15) is 11.3 Å². The van der Waals surface area contributed by atoms with Crippen molar-refractivity contribution in [1.29, 1.82) is 0 Å². The molecular weight excluding hydrogens is 254 g/mol. The van der Waals surface area contributed by atoms with Crippen LogP contribution in [0.1, 0.15) is 40.0 Å². The number of carbonyl (C=O) groups is 2. The number of rotatable bonds is 7.